The molecule has 0 fully saturated rings. The molecule has 94 valence electrons. The van der Waals surface area contributed by atoms with E-state index in [4.69, 9.17) is 10.8 Å². The normalized spacial score (nSPS) is 10.2. The summed E-state index contributed by atoms with van der Waals surface area (Å²) in [5.41, 5.74) is 6.40. The molecule has 0 unspecified atom stereocenters. The van der Waals surface area contributed by atoms with Crippen molar-refractivity contribution in [2.45, 2.75) is 19.3 Å². The molecule has 0 aliphatic heterocycles. The van der Waals surface area contributed by atoms with Crippen molar-refractivity contribution in [3.8, 4) is 0 Å². The van der Waals surface area contributed by atoms with Gasteiger partial charge >= 0.3 is 0 Å². The number of carbonyl (C=O) groups excluding carboxylic acids is 1. The van der Waals surface area contributed by atoms with Crippen molar-refractivity contribution in [2.24, 2.45) is 0 Å². The summed E-state index contributed by atoms with van der Waals surface area (Å²) < 4.78 is 0. The topological polar surface area (TPSA) is 79.5 Å². The van der Waals surface area contributed by atoms with E-state index < -0.39 is 0 Å². The van der Waals surface area contributed by atoms with Crippen molar-refractivity contribution < 1.29 is 9.90 Å². The van der Waals surface area contributed by atoms with Crippen LogP contribution in [0.3, 0.4) is 0 Å². The minimum atomic E-state index is -0.160. The molecule has 0 radical (unpaired) electrons. The average Bonchev–Trinajstić information content (AvgIpc) is 2.34. The average molecular weight is 237 g/mol. The van der Waals surface area contributed by atoms with E-state index in [9.17, 15) is 4.79 Å². The first-order valence-electron chi connectivity index (χ1n) is 5.73. The lowest BCUT2D eigenvalue weighted by Crippen LogP contribution is -2.29. The number of carbonyl (C=O) groups is 1. The number of anilines is 1. The van der Waals surface area contributed by atoms with Crippen LogP contribution in [0.5, 0.6) is 0 Å². The molecular weight excluding hydrogens is 218 g/mol. The summed E-state index contributed by atoms with van der Waals surface area (Å²) >= 11 is 0. The summed E-state index contributed by atoms with van der Waals surface area (Å²) in [6.45, 7) is 0.847. The minimum absolute atomic E-state index is 0.160. The summed E-state index contributed by atoms with van der Waals surface area (Å²) in [6.07, 6.45) is 4.11. The first-order chi connectivity index (χ1) is 8.16. The van der Waals surface area contributed by atoms with Crippen LogP contribution in [0.2, 0.25) is 0 Å². The molecule has 1 aromatic rings. The van der Waals surface area contributed by atoms with E-state index in [0.717, 1.165) is 19.3 Å². The predicted octanol–water partition coefficient (Wildman–Crippen LogP) is 0.898. The Morgan fingerprint density at radius 2 is 2.24 bits per heavy atom. The third-order valence-corrected chi connectivity index (χ3v) is 2.54. The van der Waals surface area contributed by atoms with Gasteiger partial charge in [0.25, 0.3) is 5.91 Å². The van der Waals surface area contributed by atoms with Gasteiger partial charge in [-0.25, -0.2) is 4.98 Å². The molecule has 0 saturated heterocycles. The maximum Gasteiger partial charge on any atom is 0.274 e. The van der Waals surface area contributed by atoms with E-state index in [1.165, 1.54) is 0 Å². The molecule has 1 heterocycles. The van der Waals surface area contributed by atoms with Gasteiger partial charge in [-0.2, -0.15) is 0 Å². The summed E-state index contributed by atoms with van der Waals surface area (Å²) in [5.74, 6) is -0.160. The molecule has 0 spiro atoms. The molecule has 5 heteroatoms. The molecule has 0 bridgehead atoms. The number of pyridine rings is 1. The molecular formula is C12H19N3O2. The monoisotopic (exact) mass is 237 g/mol. The first kappa shape index (κ1) is 13.4. The smallest absolute Gasteiger partial charge is 0.274 e. The zero-order valence-electron chi connectivity index (χ0n) is 10.1. The van der Waals surface area contributed by atoms with Crippen LogP contribution in [0.25, 0.3) is 0 Å². The van der Waals surface area contributed by atoms with Crippen LogP contribution in [0.4, 0.5) is 5.69 Å². The molecule has 0 aliphatic carbocycles. The highest BCUT2D eigenvalue weighted by Gasteiger charge is 2.14. The number of nitrogens with zero attached hydrogens (tertiary/aromatic N) is 2. The molecule has 3 N–H and O–H groups in total. The Balaban J connectivity index is 2.49. The van der Waals surface area contributed by atoms with E-state index in [1.54, 1.807) is 30.3 Å². The van der Waals surface area contributed by atoms with Crippen LogP contribution < -0.4 is 5.73 Å². The minimum Gasteiger partial charge on any atom is -0.397 e. The number of nitrogen functional groups attached to an aromatic ring is 1. The second kappa shape index (κ2) is 6.85. The summed E-state index contributed by atoms with van der Waals surface area (Å²) in [5, 5.41) is 8.65. The van der Waals surface area contributed by atoms with Crippen molar-refractivity contribution in [3.63, 3.8) is 0 Å². The number of rotatable bonds is 6. The number of aliphatic hydroxyl groups excluding tert-OH is 1. The Hall–Kier alpha value is -1.62. The molecule has 17 heavy (non-hydrogen) atoms. The van der Waals surface area contributed by atoms with Crippen molar-refractivity contribution in [1.82, 2.24) is 9.88 Å². The van der Waals surface area contributed by atoms with Gasteiger partial charge in [0.1, 0.15) is 0 Å². The van der Waals surface area contributed by atoms with Crippen LogP contribution in [0, 0.1) is 0 Å². The van der Waals surface area contributed by atoms with E-state index >= 15 is 0 Å². The summed E-state index contributed by atoms with van der Waals surface area (Å²) in [4.78, 5) is 17.6. The van der Waals surface area contributed by atoms with Crippen LogP contribution in [0.1, 0.15) is 29.8 Å². The molecule has 5 nitrogen and oxygen atoms in total. The third kappa shape index (κ3) is 4.03. The molecule has 0 atom stereocenters. The van der Waals surface area contributed by atoms with Crippen molar-refractivity contribution in [3.05, 3.63) is 24.0 Å². The number of hydrogen-bond donors (Lipinski definition) is 2. The van der Waals surface area contributed by atoms with Gasteiger partial charge in [-0.15, -0.1) is 0 Å². The van der Waals surface area contributed by atoms with E-state index in [0.29, 0.717) is 17.9 Å². The number of aliphatic hydroxyl groups is 1. The molecule has 0 saturated carbocycles. The van der Waals surface area contributed by atoms with E-state index in [2.05, 4.69) is 4.98 Å². The van der Waals surface area contributed by atoms with Gasteiger partial charge in [0, 0.05) is 26.4 Å². The van der Waals surface area contributed by atoms with Gasteiger partial charge in [-0.3, -0.25) is 4.79 Å². The molecule has 1 rings (SSSR count). The van der Waals surface area contributed by atoms with Crippen LogP contribution in [-0.4, -0.2) is 41.1 Å². The summed E-state index contributed by atoms with van der Waals surface area (Å²) in [7, 11) is 1.73. The number of aromatic nitrogens is 1. The first-order valence-corrected chi connectivity index (χ1v) is 5.73. The highest BCUT2D eigenvalue weighted by Crippen LogP contribution is 2.10. The maximum atomic E-state index is 12.0. The Morgan fingerprint density at radius 1 is 1.47 bits per heavy atom. The van der Waals surface area contributed by atoms with E-state index in [-0.39, 0.29) is 12.5 Å². The zero-order chi connectivity index (χ0) is 12.7. The summed E-state index contributed by atoms with van der Waals surface area (Å²) in [6, 6.07) is 3.37. The van der Waals surface area contributed by atoms with Crippen LogP contribution in [0.15, 0.2) is 18.3 Å². The fourth-order valence-electron chi connectivity index (χ4n) is 1.52. The number of unbranched alkanes of at least 4 members (excludes halogenated alkanes) is 2. The lowest BCUT2D eigenvalue weighted by atomic mass is 10.2. The van der Waals surface area contributed by atoms with Gasteiger partial charge in [0.2, 0.25) is 0 Å². The zero-order valence-corrected chi connectivity index (χ0v) is 10.1. The fourth-order valence-corrected chi connectivity index (χ4v) is 1.52. The second-order valence-corrected chi connectivity index (χ2v) is 3.95. The third-order valence-electron chi connectivity index (χ3n) is 2.54. The Labute approximate surface area is 101 Å². The number of nitrogens with two attached hydrogens (primary N) is 1. The van der Waals surface area contributed by atoms with E-state index in [1.807, 2.05) is 0 Å². The van der Waals surface area contributed by atoms with Crippen molar-refractivity contribution in [2.75, 3.05) is 25.9 Å². The highest BCUT2D eigenvalue weighted by atomic mass is 16.2. The Bertz CT molecular complexity index is 369. The standard InChI is InChI=1S/C12H19N3O2/c1-15(8-3-2-4-9-16)12(17)11-10(13)6-5-7-14-11/h5-7,16H,2-4,8-9,13H2,1H3. The highest BCUT2D eigenvalue weighted by molar-refractivity contribution is 5.96. The Morgan fingerprint density at radius 3 is 2.88 bits per heavy atom. The van der Waals surface area contributed by atoms with Crippen LogP contribution >= 0.6 is 0 Å². The molecule has 1 amide bonds. The lowest BCUT2D eigenvalue weighted by molar-refractivity contribution is 0.0787. The lowest BCUT2D eigenvalue weighted by Gasteiger charge is -2.17. The van der Waals surface area contributed by atoms with Gasteiger partial charge in [0.05, 0.1) is 5.69 Å². The van der Waals surface area contributed by atoms with Crippen molar-refractivity contribution >= 4 is 11.6 Å². The van der Waals surface area contributed by atoms with Crippen molar-refractivity contribution in [1.29, 1.82) is 0 Å². The largest absolute Gasteiger partial charge is 0.397 e. The fraction of sp³-hybridized carbons (Fsp3) is 0.500. The predicted molar refractivity (Wildman–Crippen MR) is 66.5 cm³/mol. The van der Waals surface area contributed by atoms with Crippen LogP contribution in [-0.2, 0) is 0 Å². The quantitative estimate of drug-likeness (QED) is 0.720. The SMILES string of the molecule is CN(CCCCCO)C(=O)c1ncccc1N. The molecule has 0 aromatic carbocycles. The second-order valence-electron chi connectivity index (χ2n) is 3.95. The molecule has 0 aliphatic rings. The number of amides is 1. The maximum absolute atomic E-state index is 12.0. The van der Waals surface area contributed by atoms with Gasteiger partial charge < -0.3 is 15.7 Å². The van der Waals surface area contributed by atoms with Gasteiger partial charge in [0.15, 0.2) is 5.69 Å². The number of hydrogen-bond acceptors (Lipinski definition) is 4. The van der Waals surface area contributed by atoms with Gasteiger partial charge in [-0.1, -0.05) is 0 Å². The Kier molecular flexibility index (Phi) is 5.42. The molecule has 1 aromatic heterocycles. The van der Waals surface area contributed by atoms with Gasteiger partial charge in [-0.05, 0) is 31.4 Å².